The predicted molar refractivity (Wildman–Crippen MR) is 51.9 cm³/mol. The van der Waals surface area contributed by atoms with Crippen molar-refractivity contribution in [1.82, 2.24) is 0 Å². The fourth-order valence-corrected chi connectivity index (χ4v) is 3.47. The van der Waals surface area contributed by atoms with E-state index >= 15 is 0 Å². The summed E-state index contributed by atoms with van der Waals surface area (Å²) in [5.41, 5.74) is 5.19. The summed E-state index contributed by atoms with van der Waals surface area (Å²) in [7, 11) is -10.0. The Kier molecular flexibility index (Phi) is 2.68. The van der Waals surface area contributed by atoms with Crippen LogP contribution >= 0.6 is 0 Å². The van der Waals surface area contributed by atoms with E-state index < -0.39 is 30.7 Å². The van der Waals surface area contributed by atoms with Crippen LogP contribution in [0.4, 0.5) is 0 Å². The van der Waals surface area contributed by atoms with Crippen LogP contribution in [0.3, 0.4) is 0 Å². The molecule has 15 heavy (non-hydrogen) atoms. The molecule has 0 fully saturated rings. The topological polar surface area (TPSA) is 135 Å². The lowest BCUT2D eigenvalue weighted by atomic mass is 10.1. The van der Waals surface area contributed by atoms with E-state index in [1.54, 1.807) is 0 Å². The molecule has 0 heterocycles. The first kappa shape index (κ1) is 12.2. The molecule has 1 aliphatic rings. The van der Waals surface area contributed by atoms with Crippen LogP contribution in [-0.2, 0) is 20.2 Å². The van der Waals surface area contributed by atoms with E-state index in [0.717, 1.165) is 6.08 Å². The zero-order valence-electron chi connectivity index (χ0n) is 7.36. The SMILES string of the molecule is NC1=CC=CC(S(=O)(=O)O)(S(=O)(=O)O)C1. The van der Waals surface area contributed by atoms with Gasteiger partial charge in [-0.1, -0.05) is 6.08 Å². The molecule has 0 aliphatic heterocycles. The van der Waals surface area contributed by atoms with Crippen LogP contribution in [0.5, 0.6) is 0 Å². The van der Waals surface area contributed by atoms with E-state index in [4.69, 9.17) is 14.8 Å². The molecule has 4 N–H and O–H groups in total. The summed E-state index contributed by atoms with van der Waals surface area (Å²) in [5.74, 6) is 0. The van der Waals surface area contributed by atoms with Gasteiger partial charge in [-0.15, -0.1) is 0 Å². The zero-order chi connectivity index (χ0) is 11.9. The van der Waals surface area contributed by atoms with Gasteiger partial charge in [0.2, 0.25) is 4.08 Å². The highest BCUT2D eigenvalue weighted by Crippen LogP contribution is 2.33. The number of rotatable bonds is 2. The van der Waals surface area contributed by atoms with Crippen LogP contribution < -0.4 is 5.73 Å². The molecule has 0 atom stereocenters. The normalized spacial score (nSPS) is 21.1. The Morgan fingerprint density at radius 2 is 1.67 bits per heavy atom. The van der Waals surface area contributed by atoms with E-state index in [-0.39, 0.29) is 5.70 Å². The zero-order valence-corrected chi connectivity index (χ0v) is 8.99. The fraction of sp³-hybridized carbons (Fsp3) is 0.333. The van der Waals surface area contributed by atoms with Crippen LogP contribution in [0.2, 0.25) is 0 Å². The van der Waals surface area contributed by atoms with Gasteiger partial charge in [0.15, 0.2) is 0 Å². The molecule has 7 nitrogen and oxygen atoms in total. The molecule has 0 saturated carbocycles. The average molecular weight is 255 g/mol. The first-order chi connectivity index (χ1) is 6.60. The summed E-state index contributed by atoms with van der Waals surface area (Å²) in [6.45, 7) is 0. The summed E-state index contributed by atoms with van der Waals surface area (Å²) in [6, 6.07) is 0. The van der Waals surface area contributed by atoms with Crippen molar-refractivity contribution in [3.05, 3.63) is 23.9 Å². The summed E-state index contributed by atoms with van der Waals surface area (Å²) in [4.78, 5) is 0. The van der Waals surface area contributed by atoms with Crippen molar-refractivity contribution < 1.29 is 25.9 Å². The molecule has 86 valence electrons. The highest BCUT2D eigenvalue weighted by molar-refractivity contribution is 8.05. The first-order valence-corrected chi connectivity index (χ1v) is 6.56. The van der Waals surface area contributed by atoms with Gasteiger partial charge < -0.3 is 5.73 Å². The fourth-order valence-electron chi connectivity index (χ4n) is 1.21. The Morgan fingerprint density at radius 3 is 1.93 bits per heavy atom. The van der Waals surface area contributed by atoms with Gasteiger partial charge >= 0.3 is 0 Å². The van der Waals surface area contributed by atoms with Crippen molar-refractivity contribution in [2.24, 2.45) is 5.73 Å². The Bertz CT molecular complexity index is 494. The summed E-state index contributed by atoms with van der Waals surface area (Å²) < 4.78 is 58.8. The van der Waals surface area contributed by atoms with Crippen LogP contribution in [0.25, 0.3) is 0 Å². The number of nitrogens with two attached hydrogens (primary N) is 1. The maximum atomic E-state index is 11.0. The van der Waals surface area contributed by atoms with Gasteiger partial charge in [0, 0.05) is 12.1 Å². The molecule has 0 bridgehead atoms. The number of hydrogen-bond acceptors (Lipinski definition) is 5. The second-order valence-corrected chi connectivity index (χ2v) is 6.66. The molecule has 1 rings (SSSR count). The lowest BCUT2D eigenvalue weighted by Crippen LogP contribution is -2.46. The molecule has 0 radical (unpaired) electrons. The van der Waals surface area contributed by atoms with Gasteiger partial charge in [-0.05, 0) is 12.2 Å². The minimum atomic E-state index is -5.02. The highest BCUT2D eigenvalue weighted by Gasteiger charge is 2.53. The largest absolute Gasteiger partial charge is 0.402 e. The Morgan fingerprint density at radius 1 is 1.20 bits per heavy atom. The Hall–Kier alpha value is -0.900. The van der Waals surface area contributed by atoms with E-state index in [0.29, 0.717) is 6.08 Å². The van der Waals surface area contributed by atoms with Gasteiger partial charge in [-0.3, -0.25) is 9.11 Å². The van der Waals surface area contributed by atoms with Crippen LogP contribution in [-0.4, -0.2) is 30.0 Å². The summed E-state index contributed by atoms with van der Waals surface area (Å²) in [6.07, 6.45) is 2.28. The van der Waals surface area contributed by atoms with Crippen molar-refractivity contribution in [1.29, 1.82) is 0 Å². The quantitative estimate of drug-likeness (QED) is 0.553. The predicted octanol–water partition coefficient (Wildman–Crippen LogP) is -0.739. The van der Waals surface area contributed by atoms with E-state index in [2.05, 4.69) is 0 Å². The third kappa shape index (κ3) is 1.91. The third-order valence-corrected chi connectivity index (χ3v) is 5.56. The number of allylic oxidation sites excluding steroid dienone is 3. The van der Waals surface area contributed by atoms with Crippen molar-refractivity contribution in [3.8, 4) is 0 Å². The van der Waals surface area contributed by atoms with E-state index in [1.165, 1.54) is 6.08 Å². The van der Waals surface area contributed by atoms with Gasteiger partial charge in [0.05, 0.1) is 0 Å². The monoisotopic (exact) mass is 255 g/mol. The number of hydrogen-bond donors (Lipinski definition) is 3. The summed E-state index contributed by atoms with van der Waals surface area (Å²) in [5, 5.41) is 0. The molecule has 9 heteroatoms. The lowest BCUT2D eigenvalue weighted by molar-refractivity contribution is 0.435. The smallest absolute Gasteiger partial charge is 0.291 e. The standard InChI is InChI=1S/C6H9NO6S2/c7-5-2-1-3-6(4-5,14(8,9)10)15(11,12)13/h1-3H,4,7H2,(H,8,9,10)(H,11,12,13). The van der Waals surface area contributed by atoms with Crippen LogP contribution in [0.15, 0.2) is 23.9 Å². The Labute approximate surface area is 86.8 Å². The van der Waals surface area contributed by atoms with Crippen LogP contribution in [0.1, 0.15) is 6.42 Å². The molecule has 0 spiro atoms. The minimum absolute atomic E-state index is 0.0762. The molecule has 0 amide bonds. The molecular weight excluding hydrogens is 246 g/mol. The van der Waals surface area contributed by atoms with Crippen LogP contribution in [0, 0.1) is 0 Å². The van der Waals surface area contributed by atoms with Crippen molar-refractivity contribution in [3.63, 3.8) is 0 Å². The maximum Gasteiger partial charge on any atom is 0.291 e. The Balaban J connectivity index is 3.51. The highest BCUT2D eigenvalue weighted by atomic mass is 32.3. The molecule has 0 unspecified atom stereocenters. The minimum Gasteiger partial charge on any atom is -0.402 e. The molecule has 0 aromatic carbocycles. The van der Waals surface area contributed by atoms with Gasteiger partial charge in [0.1, 0.15) is 0 Å². The van der Waals surface area contributed by atoms with E-state index in [9.17, 15) is 16.8 Å². The van der Waals surface area contributed by atoms with Gasteiger partial charge in [-0.25, -0.2) is 0 Å². The van der Waals surface area contributed by atoms with E-state index in [1.807, 2.05) is 0 Å². The average Bonchev–Trinajstić information content (AvgIpc) is 1.99. The molecule has 0 aromatic heterocycles. The molecule has 1 aliphatic carbocycles. The van der Waals surface area contributed by atoms with Crippen molar-refractivity contribution >= 4 is 20.2 Å². The van der Waals surface area contributed by atoms with Crippen molar-refractivity contribution in [2.45, 2.75) is 10.5 Å². The third-order valence-electron chi connectivity index (χ3n) is 1.98. The molecular formula is C6H9NO6S2. The lowest BCUT2D eigenvalue weighted by Gasteiger charge is -2.25. The molecule has 0 aromatic rings. The molecule has 0 saturated heterocycles. The van der Waals surface area contributed by atoms with Gasteiger partial charge in [-0.2, -0.15) is 16.8 Å². The second kappa shape index (κ2) is 3.30. The first-order valence-electron chi connectivity index (χ1n) is 3.68. The van der Waals surface area contributed by atoms with Crippen molar-refractivity contribution in [2.75, 3.05) is 0 Å². The second-order valence-electron chi connectivity index (χ2n) is 3.04. The summed E-state index contributed by atoms with van der Waals surface area (Å²) >= 11 is 0. The van der Waals surface area contributed by atoms with Gasteiger partial charge in [0.25, 0.3) is 20.2 Å². The maximum absolute atomic E-state index is 11.0.